The Kier molecular flexibility index (Phi) is 2.60. The maximum Gasteiger partial charge on any atom is 0.319 e. The lowest BCUT2D eigenvalue weighted by Crippen LogP contribution is -2.47. The van der Waals surface area contributed by atoms with E-state index in [1.807, 2.05) is 0 Å². The second kappa shape index (κ2) is 3.44. The van der Waals surface area contributed by atoms with Gasteiger partial charge in [0.1, 0.15) is 21.6 Å². The maximum absolute atomic E-state index is 11.7. The molecule has 0 aromatic rings. The van der Waals surface area contributed by atoms with Crippen LogP contribution in [-0.2, 0) is 14.3 Å². The first-order valence-corrected chi connectivity index (χ1v) is 6.96. The van der Waals surface area contributed by atoms with E-state index in [2.05, 4.69) is 4.74 Å². The topological polar surface area (TPSA) is 43.4 Å². The molecule has 0 N–H and O–H groups in total. The zero-order valence-electron chi connectivity index (χ0n) is 8.15. The molecule has 3 nitrogen and oxygen atoms in total. The van der Waals surface area contributed by atoms with Crippen LogP contribution in [0.4, 0.5) is 0 Å². The van der Waals surface area contributed by atoms with Crippen LogP contribution in [0.5, 0.6) is 0 Å². The van der Waals surface area contributed by atoms with Crippen molar-refractivity contribution in [2.75, 3.05) is 0 Å². The standard InChI is InChI=1S/C9H2Cl6O3/c10-3-4(11)8(13)2-1(5(16)18-6(2)17)7(3,12)9(8,14)15/h1-2H/t1-,2+,7-,8-/m0/s1. The third-order valence-corrected chi connectivity index (χ3v) is 7.90. The Morgan fingerprint density at radius 1 is 0.833 bits per heavy atom. The van der Waals surface area contributed by atoms with Crippen LogP contribution in [0.2, 0.25) is 0 Å². The Balaban J connectivity index is 2.37. The molecule has 3 aliphatic rings. The zero-order chi connectivity index (χ0) is 13.7. The smallest absolute Gasteiger partial charge is 0.319 e. The lowest BCUT2D eigenvalue weighted by atomic mass is 9.84. The molecule has 1 saturated heterocycles. The number of carbonyl (C=O) groups is 2. The van der Waals surface area contributed by atoms with E-state index in [9.17, 15) is 9.59 Å². The summed E-state index contributed by atoms with van der Waals surface area (Å²) in [6, 6.07) is 0. The van der Waals surface area contributed by atoms with Crippen LogP contribution in [0.1, 0.15) is 0 Å². The molecule has 4 atom stereocenters. The third-order valence-electron chi connectivity index (χ3n) is 3.64. The number of fused-ring (bicyclic) bond motifs is 5. The second-order valence-electron chi connectivity index (χ2n) is 4.32. The van der Waals surface area contributed by atoms with Crippen molar-refractivity contribution in [3.63, 3.8) is 0 Å². The number of hydrogen-bond acceptors (Lipinski definition) is 3. The predicted octanol–water partition coefficient (Wildman–Crippen LogP) is 3.15. The molecule has 0 radical (unpaired) electrons. The van der Waals surface area contributed by atoms with Gasteiger partial charge in [-0.25, -0.2) is 0 Å². The van der Waals surface area contributed by atoms with Gasteiger partial charge in [-0.05, 0) is 0 Å². The van der Waals surface area contributed by atoms with Crippen LogP contribution >= 0.6 is 69.6 Å². The van der Waals surface area contributed by atoms with Crippen LogP contribution in [0, 0.1) is 11.8 Å². The van der Waals surface area contributed by atoms with Gasteiger partial charge in [-0.1, -0.05) is 46.4 Å². The van der Waals surface area contributed by atoms with Crippen molar-refractivity contribution in [2.45, 2.75) is 14.1 Å². The molecule has 0 amide bonds. The molecule has 0 aromatic heterocycles. The molecule has 2 aliphatic carbocycles. The van der Waals surface area contributed by atoms with Crippen LogP contribution in [0.15, 0.2) is 10.1 Å². The Labute approximate surface area is 131 Å². The van der Waals surface area contributed by atoms with Crippen molar-refractivity contribution in [1.29, 1.82) is 0 Å². The zero-order valence-corrected chi connectivity index (χ0v) is 12.7. The van der Waals surface area contributed by atoms with Gasteiger partial charge in [-0.2, -0.15) is 0 Å². The lowest BCUT2D eigenvalue weighted by Gasteiger charge is -2.32. The predicted molar refractivity (Wildman–Crippen MR) is 68.4 cm³/mol. The number of ether oxygens (including phenoxy) is 1. The van der Waals surface area contributed by atoms with Gasteiger partial charge < -0.3 is 4.74 Å². The molecule has 0 unspecified atom stereocenters. The van der Waals surface area contributed by atoms with E-state index >= 15 is 0 Å². The number of esters is 2. The monoisotopic (exact) mass is 368 g/mol. The second-order valence-corrected chi connectivity index (χ2v) is 7.60. The van der Waals surface area contributed by atoms with Crippen molar-refractivity contribution in [1.82, 2.24) is 0 Å². The minimum absolute atomic E-state index is 0.126. The molecule has 18 heavy (non-hydrogen) atoms. The van der Waals surface area contributed by atoms with E-state index in [4.69, 9.17) is 69.6 Å². The van der Waals surface area contributed by atoms with E-state index in [0.29, 0.717) is 0 Å². The van der Waals surface area contributed by atoms with Crippen LogP contribution in [0.25, 0.3) is 0 Å². The van der Waals surface area contributed by atoms with Gasteiger partial charge in [0.25, 0.3) is 0 Å². The molecule has 0 spiro atoms. The molecule has 1 heterocycles. The quantitative estimate of drug-likeness (QED) is 0.374. The molecule has 3 rings (SSSR count). The third kappa shape index (κ3) is 1.03. The van der Waals surface area contributed by atoms with Gasteiger partial charge in [-0.15, -0.1) is 23.2 Å². The van der Waals surface area contributed by atoms with Gasteiger partial charge in [0.2, 0.25) is 0 Å². The van der Waals surface area contributed by atoms with Gasteiger partial charge in [0.15, 0.2) is 4.33 Å². The van der Waals surface area contributed by atoms with Crippen molar-refractivity contribution in [2.24, 2.45) is 11.8 Å². The fourth-order valence-electron chi connectivity index (χ4n) is 2.81. The highest BCUT2D eigenvalue weighted by Crippen LogP contribution is 2.77. The van der Waals surface area contributed by atoms with Gasteiger partial charge in [0, 0.05) is 0 Å². The largest absolute Gasteiger partial charge is 0.393 e. The van der Waals surface area contributed by atoms with Crippen molar-refractivity contribution < 1.29 is 14.3 Å². The van der Waals surface area contributed by atoms with Gasteiger partial charge >= 0.3 is 11.9 Å². The van der Waals surface area contributed by atoms with Crippen LogP contribution < -0.4 is 0 Å². The molecular formula is C9H2Cl6O3. The number of allylic oxidation sites excluding steroid dienone is 2. The Bertz CT molecular complexity index is 498. The molecule has 1 aliphatic heterocycles. The van der Waals surface area contributed by atoms with Gasteiger partial charge in [-0.3, -0.25) is 9.59 Å². The molecule has 2 bridgehead atoms. The van der Waals surface area contributed by atoms with E-state index in [0.717, 1.165) is 0 Å². The number of hydrogen-bond donors (Lipinski definition) is 0. The fraction of sp³-hybridized carbons (Fsp3) is 0.556. The Hall–Kier alpha value is 0.620. The number of carbonyl (C=O) groups excluding carboxylic acids is 2. The summed E-state index contributed by atoms with van der Waals surface area (Å²) in [5, 5.41) is -0.252. The minimum atomic E-state index is -1.89. The number of alkyl halides is 4. The van der Waals surface area contributed by atoms with Gasteiger partial charge in [0.05, 0.1) is 10.1 Å². The van der Waals surface area contributed by atoms with Crippen LogP contribution in [0.3, 0.4) is 0 Å². The van der Waals surface area contributed by atoms with E-state index in [-0.39, 0.29) is 10.1 Å². The summed E-state index contributed by atoms with van der Waals surface area (Å²) in [7, 11) is 0. The average Bonchev–Trinajstić information content (AvgIpc) is 2.68. The molecular weight excluding hydrogens is 369 g/mol. The summed E-state index contributed by atoms with van der Waals surface area (Å²) < 4.78 is 2.63. The molecule has 1 saturated carbocycles. The SMILES string of the molecule is O=C1OC(=O)[C@H]2[C@@H]1[C@]1(Cl)C(Cl)=C(Cl)[C@]2(Cl)C1(Cl)Cl. The Morgan fingerprint density at radius 2 is 1.17 bits per heavy atom. The summed E-state index contributed by atoms with van der Waals surface area (Å²) in [5.74, 6) is -3.99. The van der Waals surface area contributed by atoms with E-state index in [1.54, 1.807) is 0 Å². The van der Waals surface area contributed by atoms with Crippen molar-refractivity contribution >= 4 is 81.5 Å². The van der Waals surface area contributed by atoms with E-state index < -0.39 is 37.9 Å². The summed E-state index contributed by atoms with van der Waals surface area (Å²) >= 11 is 36.9. The minimum Gasteiger partial charge on any atom is -0.393 e. The first kappa shape index (κ1) is 13.6. The molecule has 98 valence electrons. The highest BCUT2D eigenvalue weighted by Gasteiger charge is 2.87. The summed E-state index contributed by atoms with van der Waals surface area (Å²) in [4.78, 5) is 19.9. The maximum atomic E-state index is 11.7. The van der Waals surface area contributed by atoms with Crippen molar-refractivity contribution in [3.8, 4) is 0 Å². The number of halogens is 6. The summed E-state index contributed by atoms with van der Waals surface area (Å²) in [6.45, 7) is 0. The fourth-order valence-corrected chi connectivity index (χ4v) is 5.73. The normalized spacial score (nSPS) is 48.8. The molecule has 2 fully saturated rings. The molecule has 9 heteroatoms. The highest BCUT2D eigenvalue weighted by atomic mass is 35.5. The van der Waals surface area contributed by atoms with Crippen molar-refractivity contribution in [3.05, 3.63) is 10.1 Å². The first-order chi connectivity index (χ1) is 8.11. The lowest BCUT2D eigenvalue weighted by molar-refractivity contribution is -0.154. The average molecular weight is 371 g/mol. The van der Waals surface area contributed by atoms with E-state index in [1.165, 1.54) is 0 Å². The number of rotatable bonds is 0. The highest BCUT2D eigenvalue weighted by molar-refractivity contribution is 6.66. The van der Waals surface area contributed by atoms with Crippen LogP contribution in [-0.4, -0.2) is 26.0 Å². The Morgan fingerprint density at radius 3 is 1.50 bits per heavy atom. The summed E-state index contributed by atoms with van der Waals surface area (Å²) in [5.41, 5.74) is 0. The summed E-state index contributed by atoms with van der Waals surface area (Å²) in [6.07, 6.45) is 0. The molecule has 0 aromatic carbocycles. The number of cyclic esters (lactones) is 2. The first-order valence-electron chi connectivity index (χ1n) is 4.69.